The molecule has 0 bridgehead atoms. The topological polar surface area (TPSA) is 43.2 Å². The van der Waals surface area contributed by atoms with E-state index in [4.69, 9.17) is 5.26 Å². The van der Waals surface area contributed by atoms with E-state index in [9.17, 15) is 13.2 Å². The fourth-order valence-corrected chi connectivity index (χ4v) is 3.28. The second kappa shape index (κ2) is 5.07. The van der Waals surface area contributed by atoms with Crippen molar-refractivity contribution in [3.8, 4) is 6.19 Å². The first-order chi connectivity index (χ1) is 9.97. The molecular weight excluding hydrogens is 301 g/mol. The minimum Gasteiger partial charge on any atom is -0.344 e. The van der Waals surface area contributed by atoms with Crippen LogP contribution in [0.3, 0.4) is 0 Å². The monoisotopic (exact) mass is 312 g/mol. The molecule has 0 N–H and O–H groups in total. The quantitative estimate of drug-likeness (QED) is 0.759. The normalized spacial score (nSPS) is 16.3. The van der Waals surface area contributed by atoms with Gasteiger partial charge in [0.1, 0.15) is 0 Å². The largest absolute Gasteiger partial charge is 0.416 e. The van der Waals surface area contributed by atoms with Gasteiger partial charge in [0, 0.05) is 26.2 Å². The number of hydrogen-bond acceptors (Lipinski definition) is 5. The number of hydrogen-bond donors (Lipinski definition) is 0. The summed E-state index contributed by atoms with van der Waals surface area (Å²) in [6.07, 6.45) is -2.25. The third-order valence-electron chi connectivity index (χ3n) is 3.40. The molecule has 8 heteroatoms. The fourth-order valence-electron chi connectivity index (χ4n) is 2.22. The first kappa shape index (κ1) is 13.9. The molecule has 21 heavy (non-hydrogen) atoms. The average molecular weight is 312 g/mol. The van der Waals surface area contributed by atoms with Crippen molar-refractivity contribution in [1.29, 1.82) is 5.26 Å². The molecule has 0 unspecified atom stereocenters. The molecule has 0 saturated carbocycles. The second-order valence-electron chi connectivity index (χ2n) is 4.75. The van der Waals surface area contributed by atoms with E-state index in [1.165, 1.54) is 17.4 Å². The maximum absolute atomic E-state index is 12.7. The van der Waals surface area contributed by atoms with Gasteiger partial charge in [0.2, 0.25) is 0 Å². The van der Waals surface area contributed by atoms with Crippen LogP contribution in [0.15, 0.2) is 18.2 Å². The van der Waals surface area contributed by atoms with E-state index >= 15 is 0 Å². The first-order valence-corrected chi connectivity index (χ1v) is 7.16. The van der Waals surface area contributed by atoms with Gasteiger partial charge in [0.15, 0.2) is 11.3 Å². The summed E-state index contributed by atoms with van der Waals surface area (Å²) >= 11 is 1.26. The lowest BCUT2D eigenvalue weighted by Crippen LogP contribution is -2.44. The van der Waals surface area contributed by atoms with Gasteiger partial charge in [-0.15, -0.1) is 0 Å². The van der Waals surface area contributed by atoms with Crippen LogP contribution in [0.25, 0.3) is 10.2 Å². The molecular formula is C13H11F3N4S. The SMILES string of the molecule is N#CN1CCN(c2nc3ccc(C(F)(F)F)cc3s2)CC1. The second-order valence-corrected chi connectivity index (χ2v) is 5.76. The predicted octanol–water partition coefficient (Wildman–Crippen LogP) is 2.92. The molecule has 1 aromatic carbocycles. The van der Waals surface area contributed by atoms with E-state index in [0.717, 1.165) is 12.1 Å². The van der Waals surface area contributed by atoms with Crippen molar-refractivity contribution in [3.63, 3.8) is 0 Å². The van der Waals surface area contributed by atoms with Gasteiger partial charge in [0.25, 0.3) is 0 Å². The van der Waals surface area contributed by atoms with Crippen LogP contribution in [-0.4, -0.2) is 36.1 Å². The molecule has 1 aromatic heterocycles. The van der Waals surface area contributed by atoms with Crippen molar-refractivity contribution in [2.24, 2.45) is 0 Å². The Morgan fingerprint density at radius 1 is 1.19 bits per heavy atom. The highest BCUT2D eigenvalue weighted by Gasteiger charge is 2.31. The summed E-state index contributed by atoms with van der Waals surface area (Å²) in [5.41, 5.74) is -0.0785. The van der Waals surface area contributed by atoms with Gasteiger partial charge in [-0.3, -0.25) is 0 Å². The predicted molar refractivity (Wildman–Crippen MR) is 74.0 cm³/mol. The molecule has 110 valence electrons. The molecule has 0 radical (unpaired) electrons. The Hall–Kier alpha value is -2.01. The molecule has 3 rings (SSSR count). The Kier molecular flexibility index (Phi) is 3.37. The van der Waals surface area contributed by atoms with Crippen LogP contribution >= 0.6 is 11.3 Å². The number of benzene rings is 1. The van der Waals surface area contributed by atoms with Crippen LogP contribution in [0.4, 0.5) is 18.3 Å². The van der Waals surface area contributed by atoms with Gasteiger partial charge in [-0.05, 0) is 18.2 Å². The van der Waals surface area contributed by atoms with Crippen molar-refractivity contribution in [3.05, 3.63) is 23.8 Å². The maximum atomic E-state index is 12.7. The summed E-state index contributed by atoms with van der Waals surface area (Å²) in [6, 6.07) is 3.60. The number of fused-ring (bicyclic) bond motifs is 1. The summed E-state index contributed by atoms with van der Waals surface area (Å²) in [5, 5.41) is 9.52. The third kappa shape index (κ3) is 2.74. The lowest BCUT2D eigenvalue weighted by Gasteiger charge is -2.31. The Labute approximate surface area is 123 Å². The fraction of sp³-hybridized carbons (Fsp3) is 0.385. The summed E-state index contributed by atoms with van der Waals surface area (Å²) in [6.45, 7) is 2.53. The van der Waals surface area contributed by atoms with E-state index < -0.39 is 11.7 Å². The molecule has 1 aliphatic rings. The Morgan fingerprint density at radius 3 is 2.52 bits per heavy atom. The zero-order valence-corrected chi connectivity index (χ0v) is 11.7. The summed E-state index contributed by atoms with van der Waals surface area (Å²) < 4.78 is 38.6. The number of piperazine rings is 1. The van der Waals surface area contributed by atoms with Gasteiger partial charge in [-0.25, -0.2) is 4.98 Å². The zero-order chi connectivity index (χ0) is 15.0. The van der Waals surface area contributed by atoms with E-state index in [-0.39, 0.29) is 0 Å². The number of alkyl halides is 3. The van der Waals surface area contributed by atoms with Crippen LogP contribution < -0.4 is 4.90 Å². The third-order valence-corrected chi connectivity index (χ3v) is 4.48. The molecule has 4 nitrogen and oxygen atoms in total. The minimum absolute atomic E-state index is 0.530. The van der Waals surface area contributed by atoms with Crippen LogP contribution in [0, 0.1) is 11.5 Å². The standard InChI is InChI=1S/C13H11F3N4S/c14-13(15,16)9-1-2-10-11(7-9)21-12(18-10)20-5-3-19(8-17)4-6-20/h1-2,7H,3-6H2. The van der Waals surface area contributed by atoms with Crippen LogP contribution in [-0.2, 0) is 6.18 Å². The Balaban J connectivity index is 1.87. The lowest BCUT2D eigenvalue weighted by molar-refractivity contribution is -0.137. The first-order valence-electron chi connectivity index (χ1n) is 6.35. The molecule has 1 fully saturated rings. The van der Waals surface area contributed by atoms with Gasteiger partial charge in [-0.1, -0.05) is 11.3 Å². The minimum atomic E-state index is -4.34. The Morgan fingerprint density at radius 2 is 1.90 bits per heavy atom. The number of rotatable bonds is 1. The summed E-state index contributed by atoms with van der Waals surface area (Å²) in [5.74, 6) is 0. The van der Waals surface area contributed by atoms with Crippen molar-refractivity contribution >= 4 is 26.7 Å². The molecule has 0 aliphatic carbocycles. The number of nitriles is 1. The molecule has 1 aliphatic heterocycles. The molecule has 2 aromatic rings. The zero-order valence-electron chi connectivity index (χ0n) is 10.9. The van der Waals surface area contributed by atoms with Gasteiger partial charge in [0.05, 0.1) is 15.8 Å². The van der Waals surface area contributed by atoms with Gasteiger partial charge in [-0.2, -0.15) is 18.4 Å². The highest BCUT2D eigenvalue weighted by Crippen LogP contribution is 2.35. The van der Waals surface area contributed by atoms with Crippen molar-refractivity contribution in [2.45, 2.75) is 6.18 Å². The highest BCUT2D eigenvalue weighted by molar-refractivity contribution is 7.22. The van der Waals surface area contributed by atoms with E-state index in [1.54, 1.807) is 4.90 Å². The number of anilines is 1. The molecule has 0 amide bonds. The summed E-state index contributed by atoms with van der Waals surface area (Å²) in [7, 11) is 0. The van der Waals surface area contributed by atoms with Crippen molar-refractivity contribution in [1.82, 2.24) is 9.88 Å². The van der Waals surface area contributed by atoms with Gasteiger partial charge < -0.3 is 9.80 Å². The lowest BCUT2D eigenvalue weighted by atomic mass is 10.2. The smallest absolute Gasteiger partial charge is 0.344 e. The number of nitrogens with zero attached hydrogens (tertiary/aromatic N) is 4. The molecule has 0 spiro atoms. The number of halogens is 3. The van der Waals surface area contributed by atoms with Crippen molar-refractivity contribution < 1.29 is 13.2 Å². The Bertz CT molecular complexity index is 695. The molecule has 0 atom stereocenters. The maximum Gasteiger partial charge on any atom is 0.416 e. The number of aromatic nitrogens is 1. The average Bonchev–Trinajstić information content (AvgIpc) is 2.89. The molecule has 2 heterocycles. The van der Waals surface area contributed by atoms with E-state index in [1.807, 2.05) is 4.90 Å². The summed E-state index contributed by atoms with van der Waals surface area (Å²) in [4.78, 5) is 8.05. The van der Waals surface area contributed by atoms with Crippen LogP contribution in [0.5, 0.6) is 0 Å². The van der Waals surface area contributed by atoms with Crippen LogP contribution in [0.2, 0.25) is 0 Å². The highest BCUT2D eigenvalue weighted by atomic mass is 32.1. The van der Waals surface area contributed by atoms with Crippen LogP contribution in [0.1, 0.15) is 5.56 Å². The van der Waals surface area contributed by atoms with Crippen molar-refractivity contribution in [2.75, 3.05) is 31.1 Å². The van der Waals surface area contributed by atoms with E-state index in [0.29, 0.717) is 41.5 Å². The van der Waals surface area contributed by atoms with Gasteiger partial charge >= 0.3 is 6.18 Å². The molecule has 1 saturated heterocycles. The van der Waals surface area contributed by atoms with E-state index in [2.05, 4.69) is 11.2 Å². The number of thiazole rings is 1.